The number of fused-ring (bicyclic) bond motifs is 1. The number of carbonyl (C=O) groups is 2. The molecule has 3 rings (SSSR count). The van der Waals surface area contributed by atoms with Crippen molar-refractivity contribution < 1.29 is 39.8 Å². The van der Waals surface area contributed by atoms with Gasteiger partial charge in [0.25, 0.3) is 0 Å². The fourth-order valence-corrected chi connectivity index (χ4v) is 4.35. The Morgan fingerprint density at radius 1 is 1.11 bits per heavy atom. The molecular formula is C24H23ClF4N2O5S. The number of nitrogens with one attached hydrogen (secondary N) is 1. The van der Waals surface area contributed by atoms with Crippen LogP contribution in [-0.4, -0.2) is 36.7 Å². The van der Waals surface area contributed by atoms with Crippen molar-refractivity contribution in [2.45, 2.75) is 44.7 Å². The number of Topliss-reactive ketones (excluding diaryl/α,β-unsaturated/α-hetero) is 1. The Morgan fingerprint density at radius 2 is 1.84 bits per heavy atom. The fourth-order valence-electron chi connectivity index (χ4n) is 3.71. The highest BCUT2D eigenvalue weighted by Crippen LogP contribution is 2.31. The first-order chi connectivity index (χ1) is 17.3. The topological polar surface area (TPSA) is 94.5 Å². The Bertz CT molecular complexity index is 1420. The number of rotatable bonds is 11. The maximum absolute atomic E-state index is 13.9. The minimum Gasteiger partial charge on any atom is -0.376 e. The highest BCUT2D eigenvalue weighted by Gasteiger charge is 2.48. The largest absolute Gasteiger partial charge is 0.534 e. The molecule has 0 bridgehead atoms. The summed E-state index contributed by atoms with van der Waals surface area (Å²) in [5.74, 6) is -1.83. The highest BCUT2D eigenvalue weighted by atomic mass is 35.5. The van der Waals surface area contributed by atoms with Crippen LogP contribution in [0.5, 0.6) is 5.75 Å². The first kappa shape index (κ1) is 28.5. The van der Waals surface area contributed by atoms with Gasteiger partial charge in [0, 0.05) is 29.8 Å². The van der Waals surface area contributed by atoms with Gasteiger partial charge in [0.1, 0.15) is 18.1 Å². The van der Waals surface area contributed by atoms with Crippen LogP contribution in [0.3, 0.4) is 0 Å². The number of alkyl halides is 3. The fraction of sp³-hybridized carbons (Fsp3) is 0.333. The summed E-state index contributed by atoms with van der Waals surface area (Å²) in [6, 6.07) is 8.08. The van der Waals surface area contributed by atoms with E-state index in [1.54, 1.807) is 12.1 Å². The zero-order chi connectivity index (χ0) is 27.4. The molecule has 200 valence electrons. The number of carbonyl (C=O) groups excluding carboxylic acids is 2. The van der Waals surface area contributed by atoms with E-state index < -0.39 is 33.1 Å². The predicted octanol–water partition coefficient (Wildman–Crippen LogP) is 5.39. The molecular weight excluding hydrogens is 540 g/mol. The normalized spacial score (nSPS) is 12.1. The molecule has 2 aromatic carbocycles. The summed E-state index contributed by atoms with van der Waals surface area (Å²) in [4.78, 5) is 24.5. The number of unbranched alkanes of at least 4 members (excludes halogenated alkanes) is 2. The molecule has 0 unspecified atom stereocenters. The summed E-state index contributed by atoms with van der Waals surface area (Å²) in [6.07, 6.45) is 3.88. The Kier molecular flexibility index (Phi) is 8.85. The third-order valence-electron chi connectivity index (χ3n) is 5.51. The molecule has 0 saturated carbocycles. The van der Waals surface area contributed by atoms with E-state index in [0.717, 1.165) is 12.1 Å². The lowest BCUT2D eigenvalue weighted by Crippen LogP contribution is -2.28. The first-order valence-electron chi connectivity index (χ1n) is 11.1. The van der Waals surface area contributed by atoms with Gasteiger partial charge in [-0.15, -0.1) is 0 Å². The Balaban J connectivity index is 1.61. The molecule has 7 nitrogen and oxygen atoms in total. The van der Waals surface area contributed by atoms with Crippen LogP contribution in [0.25, 0.3) is 10.9 Å². The molecule has 0 aliphatic rings. The molecule has 13 heteroatoms. The van der Waals surface area contributed by atoms with Crippen LogP contribution in [0.4, 0.5) is 17.6 Å². The second kappa shape index (κ2) is 11.5. The van der Waals surface area contributed by atoms with Gasteiger partial charge < -0.3 is 14.1 Å². The van der Waals surface area contributed by atoms with E-state index in [0.29, 0.717) is 43.2 Å². The van der Waals surface area contributed by atoms with Crippen LogP contribution in [0.1, 0.15) is 42.1 Å². The van der Waals surface area contributed by atoms with E-state index in [1.807, 2.05) is 0 Å². The number of aryl methyl sites for hydroxylation is 1. The Hall–Kier alpha value is -3.12. The lowest BCUT2D eigenvalue weighted by atomic mass is 10.1. The molecule has 3 aromatic rings. The molecule has 0 aliphatic heterocycles. The van der Waals surface area contributed by atoms with Crippen molar-refractivity contribution in [1.82, 2.24) is 9.88 Å². The Labute approximate surface area is 215 Å². The lowest BCUT2D eigenvalue weighted by molar-refractivity contribution is -0.121. The summed E-state index contributed by atoms with van der Waals surface area (Å²) < 4.78 is 80.1. The zero-order valence-electron chi connectivity index (χ0n) is 19.6. The maximum atomic E-state index is 13.9. The van der Waals surface area contributed by atoms with E-state index in [2.05, 4.69) is 9.50 Å². The maximum Gasteiger partial charge on any atom is 0.534 e. The van der Waals surface area contributed by atoms with E-state index in [9.17, 15) is 35.6 Å². The van der Waals surface area contributed by atoms with Crippen LogP contribution >= 0.6 is 11.6 Å². The van der Waals surface area contributed by atoms with Gasteiger partial charge in [-0.1, -0.05) is 30.2 Å². The van der Waals surface area contributed by atoms with E-state index in [1.165, 1.54) is 29.8 Å². The third-order valence-corrected chi connectivity index (χ3v) is 6.78. The van der Waals surface area contributed by atoms with Crippen LogP contribution in [-0.2, 0) is 27.9 Å². The highest BCUT2D eigenvalue weighted by molar-refractivity contribution is 7.88. The van der Waals surface area contributed by atoms with Gasteiger partial charge in [0.2, 0.25) is 5.91 Å². The standard InChI is InChI=1S/C24H23ClF4N2O5S/c1-15(32)19-13-31(21-12-17(9-10-18(19)21)36-37(34,35)24(27,28)29)14-22(33)30-11-4-2-3-6-16-7-5-8-20(25)23(16)26/h5,7-10,12-13H,2-4,6,11,14H2,1H3,(H,30,33). The van der Waals surface area contributed by atoms with Gasteiger partial charge in [0.05, 0.1) is 10.5 Å². The van der Waals surface area contributed by atoms with Crippen molar-refractivity contribution in [1.29, 1.82) is 0 Å². The number of aromatic nitrogens is 1. The smallest absolute Gasteiger partial charge is 0.376 e. The van der Waals surface area contributed by atoms with Gasteiger partial charge in [-0.25, -0.2) is 4.39 Å². The summed E-state index contributed by atoms with van der Waals surface area (Å²) in [6.45, 7) is 1.34. The van der Waals surface area contributed by atoms with Crippen LogP contribution in [0.2, 0.25) is 5.02 Å². The third kappa shape index (κ3) is 7.01. The molecule has 0 atom stereocenters. The van der Waals surface area contributed by atoms with Crippen molar-refractivity contribution in [3.63, 3.8) is 0 Å². The van der Waals surface area contributed by atoms with Crippen molar-refractivity contribution in [2.75, 3.05) is 6.54 Å². The van der Waals surface area contributed by atoms with Gasteiger partial charge in [0.15, 0.2) is 5.78 Å². The first-order valence-corrected chi connectivity index (χ1v) is 12.9. The minimum absolute atomic E-state index is 0.0656. The number of nitrogens with zero attached hydrogens (tertiary/aromatic N) is 1. The molecule has 0 spiro atoms. The van der Waals surface area contributed by atoms with Crippen molar-refractivity contribution in [3.05, 3.63) is 64.6 Å². The molecule has 1 amide bonds. The average Bonchev–Trinajstić information content (AvgIpc) is 3.15. The molecule has 0 radical (unpaired) electrons. The number of amides is 1. The number of halogens is 5. The average molecular weight is 563 g/mol. The SMILES string of the molecule is CC(=O)c1cn(CC(=O)NCCCCCc2cccc(Cl)c2F)c2cc(OS(=O)(=O)C(F)(F)F)ccc12. The van der Waals surface area contributed by atoms with Gasteiger partial charge >= 0.3 is 15.6 Å². The molecule has 0 saturated heterocycles. The summed E-state index contributed by atoms with van der Waals surface area (Å²) >= 11 is 5.77. The van der Waals surface area contributed by atoms with E-state index >= 15 is 0 Å². The summed E-state index contributed by atoms with van der Waals surface area (Å²) in [5, 5.41) is 3.10. The molecule has 1 N–H and O–H groups in total. The van der Waals surface area contributed by atoms with Crippen molar-refractivity contribution >= 4 is 44.3 Å². The van der Waals surface area contributed by atoms with Crippen molar-refractivity contribution in [3.8, 4) is 5.75 Å². The second-order valence-electron chi connectivity index (χ2n) is 8.26. The quantitative estimate of drug-likeness (QED) is 0.111. The van der Waals surface area contributed by atoms with Crippen LogP contribution in [0, 0.1) is 5.82 Å². The van der Waals surface area contributed by atoms with Gasteiger partial charge in [-0.05, 0) is 49.9 Å². The van der Waals surface area contributed by atoms with Crippen molar-refractivity contribution in [2.24, 2.45) is 0 Å². The molecule has 1 aromatic heterocycles. The van der Waals surface area contributed by atoms with Gasteiger partial charge in [-0.3, -0.25) is 9.59 Å². The van der Waals surface area contributed by atoms with E-state index in [-0.39, 0.29) is 28.4 Å². The number of hydrogen-bond acceptors (Lipinski definition) is 5. The molecule has 1 heterocycles. The van der Waals surface area contributed by atoms with Crippen LogP contribution < -0.4 is 9.50 Å². The minimum atomic E-state index is -5.89. The number of hydrogen-bond donors (Lipinski definition) is 1. The van der Waals surface area contributed by atoms with Gasteiger partial charge in [-0.2, -0.15) is 21.6 Å². The Morgan fingerprint density at radius 3 is 2.51 bits per heavy atom. The van der Waals surface area contributed by atoms with E-state index in [4.69, 9.17) is 11.6 Å². The van der Waals surface area contributed by atoms with Crippen LogP contribution in [0.15, 0.2) is 42.6 Å². The summed E-state index contributed by atoms with van der Waals surface area (Å²) in [7, 11) is -5.89. The lowest BCUT2D eigenvalue weighted by Gasteiger charge is -2.11. The predicted molar refractivity (Wildman–Crippen MR) is 130 cm³/mol. The second-order valence-corrected chi connectivity index (χ2v) is 10.2. The summed E-state index contributed by atoms with van der Waals surface area (Å²) in [5.41, 5.74) is -4.74. The monoisotopic (exact) mass is 562 g/mol. The molecule has 37 heavy (non-hydrogen) atoms. The molecule has 0 aliphatic carbocycles. The zero-order valence-corrected chi connectivity index (χ0v) is 21.1. The number of benzene rings is 2. The number of ketones is 1. The molecule has 0 fully saturated rings.